The van der Waals surface area contributed by atoms with Gasteiger partial charge in [-0.2, -0.15) is 0 Å². The minimum Gasteiger partial charge on any atom is -0.353 e. The molecule has 0 aromatic carbocycles. The molecule has 1 amide bonds. The number of nitrogens with one attached hydrogen (secondary N) is 1. The van der Waals surface area contributed by atoms with Crippen LogP contribution in [0.15, 0.2) is 24.4 Å². The fraction of sp³-hybridized carbons (Fsp3) is 0.667. The molecule has 0 unspecified atom stereocenters. The first-order chi connectivity index (χ1) is 9.92. The maximum atomic E-state index is 12.0. The van der Waals surface area contributed by atoms with E-state index < -0.39 is 0 Å². The summed E-state index contributed by atoms with van der Waals surface area (Å²) in [5.41, 5.74) is 1.26. The van der Waals surface area contributed by atoms with E-state index in [1.807, 2.05) is 18.2 Å². The van der Waals surface area contributed by atoms with Gasteiger partial charge in [-0.15, -0.1) is 0 Å². The summed E-state index contributed by atoms with van der Waals surface area (Å²) >= 11 is 0. The van der Waals surface area contributed by atoms with E-state index in [1.165, 1.54) is 19.3 Å². The molecule has 0 atom stereocenters. The van der Waals surface area contributed by atoms with Gasteiger partial charge in [-0.1, -0.05) is 26.8 Å². The van der Waals surface area contributed by atoms with Gasteiger partial charge in [0.1, 0.15) is 0 Å². The zero-order valence-electron chi connectivity index (χ0n) is 13.6. The molecule has 0 aliphatic heterocycles. The first-order valence-electron chi connectivity index (χ1n) is 8.12. The highest BCUT2D eigenvalue weighted by molar-refractivity contribution is 5.78. The second-order valence-corrected chi connectivity index (χ2v) is 7.55. The van der Waals surface area contributed by atoms with Gasteiger partial charge in [-0.05, 0) is 55.6 Å². The lowest BCUT2D eigenvalue weighted by Crippen LogP contribution is -2.38. The average molecular weight is 288 g/mol. The van der Waals surface area contributed by atoms with Gasteiger partial charge in [-0.3, -0.25) is 9.78 Å². The van der Waals surface area contributed by atoms with Crippen molar-refractivity contribution in [2.45, 2.75) is 65.3 Å². The van der Waals surface area contributed by atoms with Crippen LogP contribution in [0.1, 0.15) is 58.6 Å². The molecule has 0 bridgehead atoms. The van der Waals surface area contributed by atoms with E-state index in [0.717, 1.165) is 24.5 Å². The van der Waals surface area contributed by atoms with Crippen LogP contribution < -0.4 is 5.32 Å². The van der Waals surface area contributed by atoms with E-state index in [1.54, 1.807) is 6.20 Å². The predicted octanol–water partition coefficient (Wildman–Crippen LogP) is 3.74. The molecular formula is C18H28N2O. The van der Waals surface area contributed by atoms with Crippen molar-refractivity contribution in [3.05, 3.63) is 30.1 Å². The Morgan fingerprint density at radius 1 is 1.24 bits per heavy atom. The maximum Gasteiger partial charge on any atom is 0.226 e. The Morgan fingerprint density at radius 2 is 1.95 bits per heavy atom. The van der Waals surface area contributed by atoms with Crippen LogP contribution in [0.3, 0.4) is 0 Å². The summed E-state index contributed by atoms with van der Waals surface area (Å²) in [6.45, 7) is 6.94. The van der Waals surface area contributed by atoms with Crippen molar-refractivity contribution in [1.82, 2.24) is 10.3 Å². The van der Waals surface area contributed by atoms with Crippen molar-refractivity contribution in [1.29, 1.82) is 0 Å². The Kier molecular flexibility index (Phi) is 5.38. The Balaban J connectivity index is 1.72. The Morgan fingerprint density at radius 3 is 2.52 bits per heavy atom. The number of pyridine rings is 1. The summed E-state index contributed by atoms with van der Waals surface area (Å²) in [6, 6.07) is 6.06. The third-order valence-electron chi connectivity index (χ3n) is 4.18. The molecular weight excluding hydrogens is 260 g/mol. The van der Waals surface area contributed by atoms with Crippen molar-refractivity contribution in [2.24, 2.45) is 11.3 Å². The Labute approximate surface area is 128 Å². The highest BCUT2D eigenvalue weighted by Gasteiger charge is 2.25. The first-order valence-corrected chi connectivity index (χ1v) is 8.12. The SMILES string of the molecule is CC(C)(C)C[C@H]1CC[C@H](NC(=O)Cc2ccccn2)CC1. The standard InChI is InChI=1S/C18H28N2O/c1-18(2,3)13-14-7-9-15(10-8-14)20-17(21)12-16-6-4-5-11-19-16/h4-6,11,14-15H,7-10,12-13H2,1-3H3,(H,20,21)/t14-,15-. The molecule has 3 heteroatoms. The van der Waals surface area contributed by atoms with Gasteiger partial charge in [0.15, 0.2) is 0 Å². The van der Waals surface area contributed by atoms with Crippen LogP contribution in [-0.4, -0.2) is 16.9 Å². The van der Waals surface area contributed by atoms with Crippen LogP contribution in [0.4, 0.5) is 0 Å². The molecule has 1 aromatic rings. The van der Waals surface area contributed by atoms with Crippen molar-refractivity contribution in [3.8, 4) is 0 Å². The van der Waals surface area contributed by atoms with Crippen LogP contribution in [0.2, 0.25) is 0 Å². The minimum absolute atomic E-state index is 0.105. The maximum absolute atomic E-state index is 12.0. The number of carbonyl (C=O) groups excluding carboxylic acids is 1. The number of rotatable bonds is 4. The Bertz CT molecular complexity index is 442. The lowest BCUT2D eigenvalue weighted by molar-refractivity contribution is -0.121. The van der Waals surface area contributed by atoms with Gasteiger partial charge in [-0.25, -0.2) is 0 Å². The third kappa shape index (κ3) is 5.86. The molecule has 1 N–H and O–H groups in total. The molecule has 1 aliphatic rings. The number of amides is 1. The van der Waals surface area contributed by atoms with Crippen molar-refractivity contribution < 1.29 is 4.79 Å². The molecule has 1 heterocycles. The van der Waals surface area contributed by atoms with Gasteiger partial charge >= 0.3 is 0 Å². The first kappa shape index (κ1) is 16.0. The number of carbonyl (C=O) groups is 1. The number of hydrogen-bond donors (Lipinski definition) is 1. The lowest BCUT2D eigenvalue weighted by Gasteiger charge is -2.33. The average Bonchev–Trinajstić information content (AvgIpc) is 2.40. The molecule has 0 spiro atoms. The number of aromatic nitrogens is 1. The highest BCUT2D eigenvalue weighted by Crippen LogP contribution is 2.34. The van der Waals surface area contributed by atoms with Gasteiger partial charge < -0.3 is 5.32 Å². The van der Waals surface area contributed by atoms with Crippen LogP contribution in [0.25, 0.3) is 0 Å². The van der Waals surface area contributed by atoms with E-state index in [9.17, 15) is 4.79 Å². The molecule has 116 valence electrons. The highest BCUT2D eigenvalue weighted by atomic mass is 16.1. The van der Waals surface area contributed by atoms with Crippen LogP contribution in [0.5, 0.6) is 0 Å². The topological polar surface area (TPSA) is 42.0 Å². The van der Waals surface area contributed by atoms with Gasteiger partial charge in [0, 0.05) is 17.9 Å². The molecule has 0 radical (unpaired) electrons. The molecule has 0 saturated heterocycles. The van der Waals surface area contributed by atoms with E-state index >= 15 is 0 Å². The summed E-state index contributed by atoms with van der Waals surface area (Å²) in [4.78, 5) is 16.2. The van der Waals surface area contributed by atoms with Crippen molar-refractivity contribution in [3.63, 3.8) is 0 Å². The van der Waals surface area contributed by atoms with Crippen LogP contribution >= 0.6 is 0 Å². The molecule has 1 fully saturated rings. The fourth-order valence-corrected chi connectivity index (χ4v) is 3.32. The van der Waals surface area contributed by atoms with E-state index in [0.29, 0.717) is 17.9 Å². The summed E-state index contributed by atoms with van der Waals surface area (Å²) in [7, 11) is 0. The lowest BCUT2D eigenvalue weighted by atomic mass is 9.76. The zero-order chi connectivity index (χ0) is 15.3. The smallest absolute Gasteiger partial charge is 0.226 e. The van der Waals surface area contributed by atoms with Crippen LogP contribution in [-0.2, 0) is 11.2 Å². The zero-order valence-corrected chi connectivity index (χ0v) is 13.6. The molecule has 1 saturated carbocycles. The van der Waals surface area contributed by atoms with E-state index in [4.69, 9.17) is 0 Å². The van der Waals surface area contributed by atoms with Gasteiger partial charge in [0.25, 0.3) is 0 Å². The van der Waals surface area contributed by atoms with Crippen molar-refractivity contribution >= 4 is 5.91 Å². The van der Waals surface area contributed by atoms with Gasteiger partial charge in [0.2, 0.25) is 5.91 Å². The third-order valence-corrected chi connectivity index (χ3v) is 4.18. The summed E-state index contributed by atoms with van der Waals surface area (Å²) < 4.78 is 0. The van der Waals surface area contributed by atoms with Gasteiger partial charge in [0.05, 0.1) is 6.42 Å². The molecule has 2 rings (SSSR count). The predicted molar refractivity (Wildman–Crippen MR) is 85.9 cm³/mol. The van der Waals surface area contributed by atoms with E-state index in [2.05, 4.69) is 31.1 Å². The monoisotopic (exact) mass is 288 g/mol. The van der Waals surface area contributed by atoms with Crippen LogP contribution in [0, 0.1) is 11.3 Å². The summed E-state index contributed by atoms with van der Waals surface area (Å²) in [5, 5.41) is 3.17. The molecule has 21 heavy (non-hydrogen) atoms. The molecule has 1 aliphatic carbocycles. The number of nitrogens with zero attached hydrogens (tertiary/aromatic N) is 1. The largest absolute Gasteiger partial charge is 0.353 e. The second-order valence-electron chi connectivity index (χ2n) is 7.55. The number of hydrogen-bond acceptors (Lipinski definition) is 2. The minimum atomic E-state index is 0.105. The quantitative estimate of drug-likeness (QED) is 0.917. The summed E-state index contributed by atoms with van der Waals surface area (Å²) in [5.74, 6) is 0.932. The Hall–Kier alpha value is -1.38. The van der Waals surface area contributed by atoms with E-state index in [-0.39, 0.29) is 5.91 Å². The molecule has 1 aromatic heterocycles. The summed E-state index contributed by atoms with van der Waals surface area (Å²) in [6.07, 6.45) is 8.14. The van der Waals surface area contributed by atoms with Crippen molar-refractivity contribution in [2.75, 3.05) is 0 Å². The fourth-order valence-electron chi connectivity index (χ4n) is 3.32. The molecule has 3 nitrogen and oxygen atoms in total. The normalized spacial score (nSPS) is 22.8. The second kappa shape index (κ2) is 7.06.